The van der Waals surface area contributed by atoms with Gasteiger partial charge in [-0.3, -0.25) is 0 Å². The van der Waals surface area contributed by atoms with Crippen LogP contribution in [0.15, 0.2) is 12.4 Å². The van der Waals surface area contributed by atoms with Crippen LogP contribution in [0.25, 0.3) is 0 Å². The Morgan fingerprint density at radius 3 is 2.35 bits per heavy atom. The zero-order chi connectivity index (χ0) is 12.3. The second-order valence-corrected chi connectivity index (χ2v) is 4.92. The summed E-state index contributed by atoms with van der Waals surface area (Å²) in [5, 5.41) is 0. The molecule has 94 valence electrons. The van der Waals surface area contributed by atoms with Gasteiger partial charge in [-0.2, -0.15) is 0 Å². The first-order valence-electron chi connectivity index (χ1n) is 6.51. The molecule has 1 saturated carbocycles. The van der Waals surface area contributed by atoms with E-state index in [9.17, 15) is 0 Å². The Balaban J connectivity index is 2.08. The van der Waals surface area contributed by atoms with Gasteiger partial charge in [0.15, 0.2) is 0 Å². The highest BCUT2D eigenvalue weighted by molar-refractivity contribution is 5.31. The van der Waals surface area contributed by atoms with Crippen LogP contribution in [0.4, 0.5) is 5.95 Å². The summed E-state index contributed by atoms with van der Waals surface area (Å²) in [7, 11) is 0. The Morgan fingerprint density at radius 1 is 1.24 bits per heavy atom. The van der Waals surface area contributed by atoms with Crippen LogP contribution < -0.4 is 10.6 Å². The first-order valence-corrected chi connectivity index (χ1v) is 6.51. The second kappa shape index (κ2) is 5.45. The molecule has 0 unspecified atom stereocenters. The van der Waals surface area contributed by atoms with E-state index in [2.05, 4.69) is 21.8 Å². The molecule has 1 aromatic rings. The molecule has 0 amide bonds. The molecule has 17 heavy (non-hydrogen) atoms. The number of aromatic nitrogens is 2. The molecular weight excluding hydrogens is 212 g/mol. The van der Waals surface area contributed by atoms with Gasteiger partial charge in [-0.05, 0) is 45.1 Å². The summed E-state index contributed by atoms with van der Waals surface area (Å²) < 4.78 is 0. The molecule has 0 saturated heterocycles. The average molecular weight is 234 g/mol. The Bertz CT molecular complexity index is 341. The minimum absolute atomic E-state index is 0.392. The van der Waals surface area contributed by atoms with E-state index in [-0.39, 0.29) is 0 Å². The van der Waals surface area contributed by atoms with E-state index in [1.165, 1.54) is 0 Å². The van der Waals surface area contributed by atoms with Crippen LogP contribution in [-0.4, -0.2) is 28.6 Å². The Kier molecular flexibility index (Phi) is 3.94. The van der Waals surface area contributed by atoms with Gasteiger partial charge < -0.3 is 10.6 Å². The van der Waals surface area contributed by atoms with Gasteiger partial charge in [0.25, 0.3) is 0 Å². The van der Waals surface area contributed by atoms with Gasteiger partial charge in [0.2, 0.25) is 5.95 Å². The van der Waals surface area contributed by atoms with Crippen molar-refractivity contribution in [3.05, 3.63) is 18.0 Å². The van der Waals surface area contributed by atoms with Gasteiger partial charge in [0, 0.05) is 31.0 Å². The summed E-state index contributed by atoms with van der Waals surface area (Å²) in [5.41, 5.74) is 7.05. The number of hydrogen-bond donors (Lipinski definition) is 1. The molecule has 0 aromatic carbocycles. The maximum absolute atomic E-state index is 5.95. The quantitative estimate of drug-likeness (QED) is 0.867. The molecule has 1 aromatic heterocycles. The van der Waals surface area contributed by atoms with Crippen LogP contribution in [0.5, 0.6) is 0 Å². The molecule has 4 heteroatoms. The van der Waals surface area contributed by atoms with Crippen LogP contribution in [-0.2, 0) is 0 Å². The van der Waals surface area contributed by atoms with Gasteiger partial charge in [-0.15, -0.1) is 0 Å². The molecule has 0 atom stereocenters. The Morgan fingerprint density at radius 2 is 1.82 bits per heavy atom. The molecule has 0 radical (unpaired) electrons. The summed E-state index contributed by atoms with van der Waals surface area (Å²) in [6.45, 7) is 5.14. The van der Waals surface area contributed by atoms with E-state index in [0.717, 1.165) is 43.7 Å². The zero-order valence-corrected chi connectivity index (χ0v) is 10.8. The van der Waals surface area contributed by atoms with Crippen molar-refractivity contribution in [1.82, 2.24) is 9.97 Å². The average Bonchev–Trinajstić information content (AvgIpc) is 2.35. The van der Waals surface area contributed by atoms with E-state index >= 15 is 0 Å². The van der Waals surface area contributed by atoms with Crippen LogP contribution in [0.3, 0.4) is 0 Å². The van der Waals surface area contributed by atoms with E-state index in [1.54, 1.807) is 0 Å². The van der Waals surface area contributed by atoms with E-state index < -0.39 is 0 Å². The van der Waals surface area contributed by atoms with Crippen molar-refractivity contribution in [2.24, 2.45) is 5.73 Å². The molecule has 0 bridgehead atoms. The van der Waals surface area contributed by atoms with E-state index in [1.807, 2.05) is 19.3 Å². The van der Waals surface area contributed by atoms with Gasteiger partial charge >= 0.3 is 0 Å². The Labute approximate surface area is 103 Å². The topological polar surface area (TPSA) is 55.0 Å². The molecule has 1 fully saturated rings. The van der Waals surface area contributed by atoms with Crippen molar-refractivity contribution in [1.29, 1.82) is 0 Å². The van der Waals surface area contributed by atoms with Crippen molar-refractivity contribution in [3.63, 3.8) is 0 Å². The van der Waals surface area contributed by atoms with Crippen LogP contribution in [0, 0.1) is 6.92 Å². The number of anilines is 1. The minimum atomic E-state index is 0.392. The summed E-state index contributed by atoms with van der Waals surface area (Å²) in [6, 6.07) is 0.950. The lowest BCUT2D eigenvalue weighted by Crippen LogP contribution is -2.41. The maximum atomic E-state index is 5.95. The molecule has 0 spiro atoms. The third kappa shape index (κ3) is 2.94. The second-order valence-electron chi connectivity index (χ2n) is 4.92. The number of rotatable bonds is 3. The fourth-order valence-corrected chi connectivity index (χ4v) is 2.51. The van der Waals surface area contributed by atoms with Crippen molar-refractivity contribution < 1.29 is 0 Å². The van der Waals surface area contributed by atoms with Crippen molar-refractivity contribution >= 4 is 5.95 Å². The Hall–Kier alpha value is -1.16. The number of aryl methyl sites for hydroxylation is 1. The summed E-state index contributed by atoms with van der Waals surface area (Å²) >= 11 is 0. The normalized spacial score (nSPS) is 24.6. The summed E-state index contributed by atoms with van der Waals surface area (Å²) in [5.74, 6) is 0.860. The lowest BCUT2D eigenvalue weighted by atomic mass is 9.91. The monoisotopic (exact) mass is 234 g/mol. The molecular formula is C13H22N4. The van der Waals surface area contributed by atoms with Gasteiger partial charge in [-0.25, -0.2) is 9.97 Å². The zero-order valence-electron chi connectivity index (χ0n) is 10.8. The predicted octanol–water partition coefficient (Wildman–Crippen LogP) is 1.88. The van der Waals surface area contributed by atoms with Crippen LogP contribution >= 0.6 is 0 Å². The molecule has 1 aliphatic rings. The number of nitrogens with zero attached hydrogens (tertiary/aromatic N) is 3. The molecule has 2 N–H and O–H groups in total. The summed E-state index contributed by atoms with van der Waals surface area (Å²) in [6.07, 6.45) is 8.33. The van der Waals surface area contributed by atoms with Crippen molar-refractivity contribution in [3.8, 4) is 0 Å². The van der Waals surface area contributed by atoms with E-state index in [4.69, 9.17) is 5.73 Å². The minimum Gasteiger partial charge on any atom is -0.338 e. The highest BCUT2D eigenvalue weighted by atomic mass is 15.3. The largest absolute Gasteiger partial charge is 0.338 e. The van der Waals surface area contributed by atoms with Crippen molar-refractivity contribution in [2.45, 2.75) is 51.6 Å². The lowest BCUT2D eigenvalue weighted by Gasteiger charge is -2.35. The fourth-order valence-electron chi connectivity index (χ4n) is 2.51. The number of hydrogen-bond acceptors (Lipinski definition) is 4. The van der Waals surface area contributed by atoms with Crippen LogP contribution in [0.1, 0.15) is 38.2 Å². The predicted molar refractivity (Wildman–Crippen MR) is 70.0 cm³/mol. The first kappa shape index (κ1) is 12.3. The van der Waals surface area contributed by atoms with Gasteiger partial charge in [-0.1, -0.05) is 0 Å². The molecule has 4 nitrogen and oxygen atoms in total. The lowest BCUT2D eigenvalue weighted by molar-refractivity contribution is 0.375. The third-order valence-electron chi connectivity index (χ3n) is 3.55. The van der Waals surface area contributed by atoms with Gasteiger partial charge in [0.1, 0.15) is 0 Å². The SMILES string of the molecule is CCN(c1ncc(C)cn1)C1CCC(N)CC1. The molecule has 1 heterocycles. The fraction of sp³-hybridized carbons (Fsp3) is 0.692. The highest BCUT2D eigenvalue weighted by Crippen LogP contribution is 2.24. The summed E-state index contributed by atoms with van der Waals surface area (Å²) in [4.78, 5) is 11.2. The standard InChI is InChI=1S/C13H22N4/c1-3-17(12-6-4-11(14)5-7-12)13-15-8-10(2)9-16-13/h8-9,11-12H,3-7,14H2,1-2H3. The number of nitrogens with two attached hydrogens (primary N) is 1. The highest BCUT2D eigenvalue weighted by Gasteiger charge is 2.24. The first-order chi connectivity index (χ1) is 8.20. The molecule has 0 aliphatic heterocycles. The van der Waals surface area contributed by atoms with Crippen molar-refractivity contribution in [2.75, 3.05) is 11.4 Å². The third-order valence-corrected chi connectivity index (χ3v) is 3.55. The van der Waals surface area contributed by atoms with E-state index in [0.29, 0.717) is 12.1 Å². The smallest absolute Gasteiger partial charge is 0.225 e. The van der Waals surface area contributed by atoms with Gasteiger partial charge in [0.05, 0.1) is 0 Å². The maximum Gasteiger partial charge on any atom is 0.225 e. The van der Waals surface area contributed by atoms with Crippen LogP contribution in [0.2, 0.25) is 0 Å². The molecule has 2 rings (SSSR count). The molecule has 1 aliphatic carbocycles.